The standard InChI is InChI=1S/C17H20FN5O/c1-12-21-17(22-24-12)11-23-6-2-3-15(10-23)20-9-14-7-13(8-19)4-5-16(14)18/h4-5,7,15,20H,2-3,6,9-11H2,1H3. The van der Waals surface area contributed by atoms with Gasteiger partial charge in [0.25, 0.3) is 0 Å². The molecule has 1 unspecified atom stereocenters. The molecule has 0 amide bonds. The fourth-order valence-corrected chi connectivity index (χ4v) is 3.01. The normalized spacial score (nSPS) is 18.5. The molecule has 1 aromatic carbocycles. The Morgan fingerprint density at radius 2 is 2.38 bits per heavy atom. The number of rotatable bonds is 5. The Morgan fingerprint density at radius 3 is 3.12 bits per heavy atom. The number of nitrogens with zero attached hydrogens (tertiary/aromatic N) is 4. The number of aryl methyl sites for hydroxylation is 1. The van der Waals surface area contributed by atoms with E-state index in [0.717, 1.165) is 25.9 Å². The Kier molecular flexibility index (Phi) is 5.18. The molecule has 126 valence electrons. The summed E-state index contributed by atoms with van der Waals surface area (Å²) in [7, 11) is 0. The summed E-state index contributed by atoms with van der Waals surface area (Å²) in [6.45, 7) is 4.70. The average molecular weight is 329 g/mol. The van der Waals surface area contributed by atoms with Crippen molar-refractivity contribution in [3.8, 4) is 6.07 Å². The molecule has 1 atom stereocenters. The fourth-order valence-electron chi connectivity index (χ4n) is 3.01. The van der Waals surface area contributed by atoms with E-state index in [-0.39, 0.29) is 11.9 Å². The minimum absolute atomic E-state index is 0.275. The average Bonchev–Trinajstić information content (AvgIpc) is 2.99. The lowest BCUT2D eigenvalue weighted by Gasteiger charge is -2.32. The van der Waals surface area contributed by atoms with Gasteiger partial charge >= 0.3 is 0 Å². The first-order valence-electron chi connectivity index (χ1n) is 8.07. The zero-order chi connectivity index (χ0) is 16.9. The van der Waals surface area contributed by atoms with Crippen molar-refractivity contribution in [1.82, 2.24) is 20.4 Å². The summed E-state index contributed by atoms with van der Waals surface area (Å²) in [6.07, 6.45) is 2.11. The predicted octanol–water partition coefficient (Wildman–Crippen LogP) is 2.14. The second-order valence-corrected chi connectivity index (χ2v) is 6.10. The van der Waals surface area contributed by atoms with Gasteiger partial charge in [0.2, 0.25) is 5.89 Å². The molecule has 0 saturated carbocycles. The van der Waals surface area contributed by atoms with Crippen LogP contribution in [-0.2, 0) is 13.1 Å². The first kappa shape index (κ1) is 16.6. The van der Waals surface area contributed by atoms with Crippen LogP contribution in [0.15, 0.2) is 22.7 Å². The van der Waals surface area contributed by atoms with Gasteiger partial charge in [-0.1, -0.05) is 5.16 Å². The highest BCUT2D eigenvalue weighted by Crippen LogP contribution is 2.15. The Hall–Kier alpha value is -2.30. The van der Waals surface area contributed by atoms with Gasteiger partial charge in [-0.3, -0.25) is 4.90 Å². The van der Waals surface area contributed by atoms with Crippen molar-refractivity contribution in [2.75, 3.05) is 13.1 Å². The van der Waals surface area contributed by atoms with Crippen LogP contribution in [-0.4, -0.2) is 34.2 Å². The second kappa shape index (κ2) is 7.51. The summed E-state index contributed by atoms with van der Waals surface area (Å²) in [5.41, 5.74) is 1.01. The van der Waals surface area contributed by atoms with Gasteiger partial charge < -0.3 is 9.84 Å². The van der Waals surface area contributed by atoms with Crippen LogP contribution in [0.2, 0.25) is 0 Å². The third-order valence-corrected chi connectivity index (χ3v) is 4.20. The lowest BCUT2D eigenvalue weighted by atomic mass is 10.0. The van der Waals surface area contributed by atoms with E-state index < -0.39 is 0 Å². The highest BCUT2D eigenvalue weighted by Gasteiger charge is 2.21. The molecule has 1 aliphatic rings. The van der Waals surface area contributed by atoms with Crippen LogP contribution in [0.5, 0.6) is 0 Å². The fraction of sp³-hybridized carbons (Fsp3) is 0.471. The molecular weight excluding hydrogens is 309 g/mol. The lowest BCUT2D eigenvalue weighted by molar-refractivity contribution is 0.177. The van der Waals surface area contributed by atoms with Crippen LogP contribution in [0, 0.1) is 24.1 Å². The number of piperidine rings is 1. The molecule has 0 spiro atoms. The molecular formula is C17H20FN5O. The largest absolute Gasteiger partial charge is 0.340 e. The molecule has 1 aromatic heterocycles. The summed E-state index contributed by atoms with van der Waals surface area (Å²) >= 11 is 0. The van der Waals surface area contributed by atoms with E-state index in [1.165, 1.54) is 12.1 Å². The van der Waals surface area contributed by atoms with E-state index in [0.29, 0.717) is 35.9 Å². The van der Waals surface area contributed by atoms with E-state index >= 15 is 0 Å². The lowest BCUT2D eigenvalue weighted by Crippen LogP contribution is -2.45. The van der Waals surface area contributed by atoms with E-state index in [9.17, 15) is 4.39 Å². The maximum atomic E-state index is 13.8. The number of hydrogen-bond acceptors (Lipinski definition) is 6. The van der Waals surface area contributed by atoms with Gasteiger partial charge in [0.1, 0.15) is 5.82 Å². The maximum absolute atomic E-state index is 13.8. The molecule has 1 fully saturated rings. The quantitative estimate of drug-likeness (QED) is 0.905. The number of aromatic nitrogens is 2. The molecule has 1 N–H and O–H groups in total. The van der Waals surface area contributed by atoms with Crippen molar-refractivity contribution in [3.63, 3.8) is 0 Å². The predicted molar refractivity (Wildman–Crippen MR) is 85.3 cm³/mol. The smallest absolute Gasteiger partial charge is 0.223 e. The van der Waals surface area contributed by atoms with Gasteiger partial charge in [0.15, 0.2) is 5.82 Å². The monoisotopic (exact) mass is 329 g/mol. The first-order valence-corrected chi connectivity index (χ1v) is 8.07. The SMILES string of the molecule is Cc1nc(CN2CCCC(NCc3cc(C#N)ccc3F)C2)no1. The van der Waals surface area contributed by atoms with E-state index in [4.69, 9.17) is 9.78 Å². The Balaban J connectivity index is 1.55. The molecule has 24 heavy (non-hydrogen) atoms. The Bertz CT molecular complexity index is 739. The third kappa shape index (κ3) is 4.16. The van der Waals surface area contributed by atoms with Gasteiger partial charge in [-0.15, -0.1) is 0 Å². The van der Waals surface area contributed by atoms with Crippen LogP contribution in [0.25, 0.3) is 0 Å². The molecule has 2 heterocycles. The van der Waals surface area contributed by atoms with Crippen LogP contribution < -0.4 is 5.32 Å². The van der Waals surface area contributed by atoms with Gasteiger partial charge in [-0.2, -0.15) is 10.2 Å². The topological polar surface area (TPSA) is 78.0 Å². The van der Waals surface area contributed by atoms with Crippen molar-refractivity contribution in [2.45, 2.75) is 38.9 Å². The Labute approximate surface area is 140 Å². The van der Waals surface area contributed by atoms with Crippen molar-refractivity contribution >= 4 is 0 Å². The highest BCUT2D eigenvalue weighted by molar-refractivity contribution is 5.33. The number of nitrogens with one attached hydrogen (secondary N) is 1. The van der Waals surface area contributed by atoms with Crippen molar-refractivity contribution in [3.05, 3.63) is 46.9 Å². The number of nitriles is 1. The molecule has 1 saturated heterocycles. The Morgan fingerprint density at radius 1 is 1.50 bits per heavy atom. The second-order valence-electron chi connectivity index (χ2n) is 6.10. The minimum atomic E-state index is -0.281. The molecule has 2 aromatic rings. The zero-order valence-corrected chi connectivity index (χ0v) is 13.6. The zero-order valence-electron chi connectivity index (χ0n) is 13.6. The first-order chi connectivity index (χ1) is 11.6. The molecule has 7 heteroatoms. The summed E-state index contributed by atoms with van der Waals surface area (Å²) in [4.78, 5) is 6.51. The van der Waals surface area contributed by atoms with Crippen molar-refractivity contribution in [1.29, 1.82) is 5.26 Å². The minimum Gasteiger partial charge on any atom is -0.340 e. The van der Waals surface area contributed by atoms with Crippen molar-refractivity contribution in [2.24, 2.45) is 0 Å². The van der Waals surface area contributed by atoms with E-state index in [1.54, 1.807) is 13.0 Å². The number of likely N-dealkylation sites (tertiary alicyclic amines) is 1. The highest BCUT2D eigenvalue weighted by atomic mass is 19.1. The number of hydrogen-bond donors (Lipinski definition) is 1. The van der Waals surface area contributed by atoms with Crippen LogP contribution in [0.1, 0.15) is 35.7 Å². The maximum Gasteiger partial charge on any atom is 0.223 e. The van der Waals surface area contributed by atoms with Gasteiger partial charge in [-0.05, 0) is 37.6 Å². The number of halogens is 1. The summed E-state index contributed by atoms with van der Waals surface area (Å²) < 4.78 is 18.8. The van der Waals surface area contributed by atoms with Crippen LogP contribution >= 0.6 is 0 Å². The van der Waals surface area contributed by atoms with Gasteiger partial charge in [0, 0.05) is 31.6 Å². The van der Waals surface area contributed by atoms with E-state index in [1.807, 2.05) is 6.07 Å². The molecule has 6 nitrogen and oxygen atoms in total. The van der Waals surface area contributed by atoms with Gasteiger partial charge in [-0.25, -0.2) is 4.39 Å². The van der Waals surface area contributed by atoms with Crippen molar-refractivity contribution < 1.29 is 8.91 Å². The molecule has 0 bridgehead atoms. The summed E-state index contributed by atoms with van der Waals surface area (Å²) in [5, 5.41) is 16.3. The molecule has 3 rings (SSSR count). The van der Waals surface area contributed by atoms with Gasteiger partial charge in [0.05, 0.1) is 18.2 Å². The van der Waals surface area contributed by atoms with Crippen LogP contribution in [0.4, 0.5) is 4.39 Å². The van der Waals surface area contributed by atoms with Crippen LogP contribution in [0.3, 0.4) is 0 Å². The summed E-state index contributed by atoms with van der Waals surface area (Å²) in [6, 6.07) is 6.76. The third-order valence-electron chi connectivity index (χ3n) is 4.20. The molecule has 1 aliphatic heterocycles. The van der Waals surface area contributed by atoms with E-state index in [2.05, 4.69) is 20.4 Å². The summed E-state index contributed by atoms with van der Waals surface area (Å²) in [5.74, 6) is 0.988. The molecule has 0 aliphatic carbocycles. The number of benzene rings is 1. The molecule has 0 radical (unpaired) electrons.